The van der Waals surface area contributed by atoms with E-state index in [1.165, 1.54) is 155 Å². The number of benzene rings is 2. The van der Waals surface area contributed by atoms with Gasteiger partial charge in [0.1, 0.15) is 0 Å². The average Bonchev–Trinajstić information content (AvgIpc) is 3.23. The predicted octanol–water partition coefficient (Wildman–Crippen LogP) is 11.9. The van der Waals surface area contributed by atoms with Crippen LogP contribution in [0.1, 0.15) is 134 Å². The molecule has 0 amide bonds. The summed E-state index contributed by atoms with van der Waals surface area (Å²) in [7, 11) is -2.16. The molecule has 0 aliphatic heterocycles. The Morgan fingerprint density at radius 2 is 0.371 bits per heavy atom. The van der Waals surface area contributed by atoms with Gasteiger partial charge in [0.2, 0.25) is 0 Å². The first-order valence-electron chi connectivity index (χ1n) is 22.4. The average molecular weight is 863 g/mol. The molecule has 0 aliphatic carbocycles. The number of hydrogen-bond acceptors (Lipinski definition) is 4. The van der Waals surface area contributed by atoms with Crippen LogP contribution in [0, 0.1) is 166 Å². The van der Waals surface area contributed by atoms with Gasteiger partial charge in [0.15, 0.2) is 0 Å². The van der Waals surface area contributed by atoms with Gasteiger partial charge < -0.3 is 0 Å². The van der Waals surface area contributed by atoms with E-state index in [9.17, 15) is 0 Å². The van der Waals surface area contributed by atoms with Crippen molar-refractivity contribution in [2.45, 2.75) is 166 Å². The second-order valence-corrected chi connectivity index (χ2v) is 22.6. The zero-order valence-electron chi connectivity index (χ0n) is 42.7. The number of pyridine rings is 4. The van der Waals surface area contributed by atoms with Gasteiger partial charge in [-0.2, -0.15) is 0 Å². The largest absolute Gasteiger partial charge is 0.252 e. The topological polar surface area (TPSA) is 51.6 Å². The monoisotopic (exact) mass is 863 g/mol. The summed E-state index contributed by atoms with van der Waals surface area (Å²) < 4.78 is 0. The second-order valence-electron chi connectivity index (χ2n) is 18.7. The van der Waals surface area contributed by atoms with Gasteiger partial charge in [0.25, 0.3) is 0 Å². The molecule has 6 rings (SSSR count). The van der Waals surface area contributed by atoms with Crippen LogP contribution in [-0.4, -0.2) is 19.9 Å². The molecule has 2 aromatic carbocycles. The predicted molar refractivity (Wildman–Crippen MR) is 274 cm³/mol. The van der Waals surface area contributed by atoms with Crippen molar-refractivity contribution < 1.29 is 0 Å². The Hall–Kier alpha value is -4.10. The molecule has 6 aromatic rings. The van der Waals surface area contributed by atoms with Gasteiger partial charge in [-0.25, -0.2) is 0 Å². The molecular weight excluding hydrogens is 791 g/mol. The normalized spacial score (nSPS) is 11.8. The van der Waals surface area contributed by atoms with Crippen LogP contribution in [0.5, 0.6) is 0 Å². The molecule has 0 saturated carbocycles. The van der Waals surface area contributed by atoms with Crippen molar-refractivity contribution in [2.24, 2.45) is 0 Å². The van der Waals surface area contributed by atoms with Gasteiger partial charge in [-0.15, -0.1) is 0 Å². The minimum Gasteiger partial charge on any atom is -0.252 e. The lowest BCUT2D eigenvalue weighted by molar-refractivity contribution is 1.11. The van der Waals surface area contributed by atoms with Crippen LogP contribution >= 0.6 is 15.8 Å². The zero-order valence-corrected chi connectivity index (χ0v) is 44.5. The van der Waals surface area contributed by atoms with Crippen molar-refractivity contribution in [1.29, 1.82) is 0 Å². The molecule has 4 nitrogen and oxygen atoms in total. The summed E-state index contributed by atoms with van der Waals surface area (Å²) in [6, 6.07) is 0. The third kappa shape index (κ3) is 7.30. The molecule has 0 fully saturated rings. The molecule has 0 N–H and O–H groups in total. The van der Waals surface area contributed by atoms with E-state index in [1.54, 1.807) is 0 Å². The number of rotatable bonds is 7. The molecule has 0 saturated heterocycles. The van der Waals surface area contributed by atoms with Crippen LogP contribution in [0.15, 0.2) is 0 Å². The van der Waals surface area contributed by atoms with Crippen LogP contribution in [-0.2, 0) is 0 Å². The number of aromatic nitrogens is 4. The highest BCUT2D eigenvalue weighted by Crippen LogP contribution is 2.47. The Morgan fingerprint density at radius 1 is 0.194 bits per heavy atom. The standard InChI is InChI=1S/C56H72N4P2/c1-25-29(5)45(21)57-53(41(25)17)61(54-42(18)26(2)30(6)46(22)58-54)51-37(13)33(9)49(34(10)38(51)14)50-35(11)39(15)52(40(16)36(50)12)62(55-43(19)27(3)31(7)47(23)59-55)56-44(20)28(4)32(8)48(24)60-56/h1-24H3. The Kier molecular flexibility index (Phi) is 13.1. The van der Waals surface area contributed by atoms with Crippen LogP contribution in [0.25, 0.3) is 11.1 Å². The maximum absolute atomic E-state index is 5.48. The fourth-order valence-electron chi connectivity index (χ4n) is 9.69. The molecule has 0 aliphatic rings. The number of aryl methyl sites for hydroxylation is 4. The Morgan fingerprint density at radius 3 is 0.548 bits per heavy atom. The van der Waals surface area contributed by atoms with E-state index in [2.05, 4.69) is 166 Å². The smallest absolute Gasteiger partial charge is 0.0772 e. The molecule has 4 aromatic heterocycles. The van der Waals surface area contributed by atoms with Crippen molar-refractivity contribution in [3.8, 4) is 11.1 Å². The highest BCUT2D eigenvalue weighted by molar-refractivity contribution is 7.80. The second kappa shape index (κ2) is 17.1. The Balaban J connectivity index is 1.71. The van der Waals surface area contributed by atoms with Crippen molar-refractivity contribution >= 4 is 48.2 Å². The first-order valence-corrected chi connectivity index (χ1v) is 25.1. The van der Waals surface area contributed by atoms with Crippen LogP contribution < -0.4 is 32.3 Å². The first-order chi connectivity index (χ1) is 28.8. The summed E-state index contributed by atoms with van der Waals surface area (Å²) >= 11 is 0. The van der Waals surface area contributed by atoms with Gasteiger partial charge in [-0.3, -0.25) is 19.9 Å². The molecule has 4 heterocycles. The fourth-order valence-corrected chi connectivity index (χ4v) is 16.0. The summed E-state index contributed by atoms with van der Waals surface area (Å²) in [5.41, 5.74) is 38.2. The van der Waals surface area contributed by atoms with E-state index in [4.69, 9.17) is 19.9 Å². The number of hydrogen-bond donors (Lipinski definition) is 0. The lowest BCUT2D eigenvalue weighted by Gasteiger charge is -2.32. The highest BCUT2D eigenvalue weighted by atomic mass is 31.1. The highest BCUT2D eigenvalue weighted by Gasteiger charge is 2.35. The Bertz CT molecular complexity index is 2510. The lowest BCUT2D eigenvalue weighted by atomic mass is 9.83. The molecule has 0 bridgehead atoms. The minimum absolute atomic E-state index is 1.08. The molecule has 62 heavy (non-hydrogen) atoms. The third-order valence-electron chi connectivity index (χ3n) is 15.8. The van der Waals surface area contributed by atoms with Crippen molar-refractivity contribution in [2.75, 3.05) is 0 Å². The van der Waals surface area contributed by atoms with E-state index in [0.29, 0.717) is 0 Å². The van der Waals surface area contributed by atoms with Gasteiger partial charge in [-0.05, 0) is 299 Å². The van der Waals surface area contributed by atoms with Crippen LogP contribution in [0.3, 0.4) is 0 Å². The molecular formula is C56H72N4P2. The summed E-state index contributed by atoms with van der Waals surface area (Å²) in [5, 5.41) is 2.80. The van der Waals surface area contributed by atoms with E-state index >= 15 is 0 Å². The molecule has 0 spiro atoms. The van der Waals surface area contributed by atoms with Crippen LogP contribution in [0.2, 0.25) is 0 Å². The fraction of sp³-hybridized carbons (Fsp3) is 0.429. The minimum atomic E-state index is -1.08. The maximum atomic E-state index is 5.48. The molecule has 6 heteroatoms. The molecule has 0 radical (unpaired) electrons. The molecule has 326 valence electrons. The summed E-state index contributed by atoms with van der Waals surface area (Å²) in [6.45, 7) is 54.7. The summed E-state index contributed by atoms with van der Waals surface area (Å²) in [5.74, 6) is 0. The van der Waals surface area contributed by atoms with Gasteiger partial charge in [0.05, 0.1) is 21.7 Å². The third-order valence-corrected chi connectivity index (χ3v) is 21.5. The van der Waals surface area contributed by atoms with Crippen LogP contribution in [0.4, 0.5) is 0 Å². The van der Waals surface area contributed by atoms with E-state index in [-0.39, 0.29) is 0 Å². The molecule has 0 atom stereocenters. The van der Waals surface area contributed by atoms with E-state index < -0.39 is 15.8 Å². The SMILES string of the molecule is Cc1nc(P(c2nc(C)c(C)c(C)c2C)c2c(C)c(C)c(-c3c(C)c(C)c(P(c4nc(C)c(C)c(C)c4C)c4nc(C)c(C)c(C)c4C)c(C)c3C)c(C)c2C)c(C)c(C)c1C. The van der Waals surface area contributed by atoms with Gasteiger partial charge >= 0.3 is 0 Å². The summed E-state index contributed by atoms with van der Waals surface area (Å²) in [6.07, 6.45) is 0. The molecule has 0 unspecified atom stereocenters. The maximum Gasteiger partial charge on any atom is 0.0772 e. The van der Waals surface area contributed by atoms with Crippen molar-refractivity contribution in [3.05, 3.63) is 134 Å². The quantitative estimate of drug-likeness (QED) is 0.150. The zero-order chi connectivity index (χ0) is 46.5. The van der Waals surface area contributed by atoms with E-state index in [0.717, 1.165) is 22.8 Å². The first kappa shape index (κ1) is 47.4. The van der Waals surface area contributed by atoms with Crippen molar-refractivity contribution in [1.82, 2.24) is 19.9 Å². The van der Waals surface area contributed by atoms with E-state index in [1.807, 2.05) is 0 Å². The Labute approximate surface area is 377 Å². The van der Waals surface area contributed by atoms with Crippen molar-refractivity contribution in [3.63, 3.8) is 0 Å². The lowest BCUT2D eigenvalue weighted by Crippen LogP contribution is -2.34. The van der Waals surface area contributed by atoms with Gasteiger partial charge in [0, 0.05) is 38.6 Å². The summed E-state index contributed by atoms with van der Waals surface area (Å²) in [4.78, 5) is 21.9. The number of nitrogens with zero attached hydrogens (tertiary/aromatic N) is 4. The van der Waals surface area contributed by atoms with Gasteiger partial charge in [-0.1, -0.05) is 0 Å².